The van der Waals surface area contributed by atoms with Crippen LogP contribution in [0.3, 0.4) is 0 Å². The summed E-state index contributed by atoms with van der Waals surface area (Å²) in [7, 11) is 3.29. The molecule has 0 fully saturated rings. The van der Waals surface area contributed by atoms with E-state index in [-0.39, 0.29) is 23.2 Å². The highest BCUT2D eigenvalue weighted by Crippen LogP contribution is 2.30. The lowest BCUT2D eigenvalue weighted by Crippen LogP contribution is -2.22. The summed E-state index contributed by atoms with van der Waals surface area (Å²) in [6.45, 7) is 0. The Bertz CT molecular complexity index is 1350. The summed E-state index contributed by atoms with van der Waals surface area (Å²) in [5.41, 5.74) is 1.51. The van der Waals surface area contributed by atoms with Gasteiger partial charge in [0.05, 0.1) is 5.02 Å². The van der Waals surface area contributed by atoms with Gasteiger partial charge in [0.25, 0.3) is 17.7 Å². The zero-order valence-corrected chi connectivity index (χ0v) is 18.4. The first-order valence-corrected chi connectivity index (χ1v) is 10.1. The molecule has 2 N–H and O–H groups in total. The fourth-order valence-electron chi connectivity index (χ4n) is 3.04. The number of hydrogen-bond donors (Lipinski definition) is 2. The van der Waals surface area contributed by atoms with E-state index in [2.05, 4.69) is 20.6 Å². The van der Waals surface area contributed by atoms with Crippen LogP contribution in [0.1, 0.15) is 31.3 Å². The number of carbonyl (C=O) groups is 3. The van der Waals surface area contributed by atoms with Crippen molar-refractivity contribution in [3.63, 3.8) is 0 Å². The number of anilines is 2. The fourth-order valence-corrected chi connectivity index (χ4v) is 3.15. The van der Waals surface area contributed by atoms with E-state index in [4.69, 9.17) is 16.0 Å². The molecule has 0 spiro atoms. The Morgan fingerprint density at radius 1 is 0.909 bits per heavy atom. The standard InChI is InChI=1S/C23H18ClN5O4/c1-29(2)23(32)14-7-5-13(6-8-14)21(30)28-19-18-16(4-3-11-25-18)33-20(19)22(31)27-17-10-9-15(24)12-26-17/h3-12H,1-2H3,(H,28,30)(H,26,27,31). The summed E-state index contributed by atoms with van der Waals surface area (Å²) in [5, 5.41) is 5.73. The van der Waals surface area contributed by atoms with Crippen molar-refractivity contribution in [2.24, 2.45) is 0 Å². The van der Waals surface area contributed by atoms with Crippen LogP contribution in [-0.2, 0) is 0 Å². The minimum absolute atomic E-state index is 0.121. The van der Waals surface area contributed by atoms with E-state index < -0.39 is 11.8 Å². The highest BCUT2D eigenvalue weighted by atomic mass is 35.5. The molecular formula is C23H18ClN5O4. The molecule has 9 nitrogen and oxygen atoms in total. The van der Waals surface area contributed by atoms with Crippen LogP contribution in [0.25, 0.3) is 11.1 Å². The fraction of sp³-hybridized carbons (Fsp3) is 0.0870. The molecule has 10 heteroatoms. The number of fused-ring (bicyclic) bond motifs is 1. The van der Waals surface area contributed by atoms with Crippen LogP contribution in [0.15, 0.2) is 65.3 Å². The Labute approximate surface area is 193 Å². The molecule has 3 heterocycles. The Morgan fingerprint density at radius 2 is 1.64 bits per heavy atom. The number of carbonyl (C=O) groups excluding carboxylic acids is 3. The van der Waals surface area contributed by atoms with E-state index in [1.54, 1.807) is 44.4 Å². The molecule has 0 saturated carbocycles. The molecule has 1 aromatic carbocycles. The van der Waals surface area contributed by atoms with Gasteiger partial charge in [0, 0.05) is 37.6 Å². The minimum Gasteiger partial charge on any atom is -0.447 e. The van der Waals surface area contributed by atoms with Gasteiger partial charge in [-0.05, 0) is 48.5 Å². The topological polar surface area (TPSA) is 117 Å². The molecule has 3 aromatic heterocycles. The number of amides is 3. The van der Waals surface area contributed by atoms with Gasteiger partial charge in [-0.3, -0.25) is 19.4 Å². The third-order valence-electron chi connectivity index (χ3n) is 4.66. The van der Waals surface area contributed by atoms with Crippen LogP contribution in [0.4, 0.5) is 11.5 Å². The Hall–Kier alpha value is -4.24. The van der Waals surface area contributed by atoms with Crippen LogP contribution in [0.5, 0.6) is 0 Å². The van der Waals surface area contributed by atoms with Crippen LogP contribution < -0.4 is 10.6 Å². The summed E-state index contributed by atoms with van der Waals surface area (Å²) in [6, 6.07) is 12.6. The first kappa shape index (κ1) is 22.0. The van der Waals surface area contributed by atoms with Gasteiger partial charge in [0.1, 0.15) is 17.0 Å². The highest BCUT2D eigenvalue weighted by Gasteiger charge is 2.24. The number of furan rings is 1. The molecule has 0 saturated heterocycles. The van der Waals surface area contributed by atoms with Gasteiger partial charge >= 0.3 is 0 Å². The molecule has 0 radical (unpaired) electrons. The molecule has 0 aliphatic carbocycles. The van der Waals surface area contributed by atoms with Crippen LogP contribution in [0.2, 0.25) is 5.02 Å². The lowest BCUT2D eigenvalue weighted by Gasteiger charge is -2.10. The van der Waals surface area contributed by atoms with Crippen molar-refractivity contribution in [2.75, 3.05) is 24.7 Å². The van der Waals surface area contributed by atoms with Crippen molar-refractivity contribution in [3.05, 3.63) is 82.8 Å². The summed E-state index contributed by atoms with van der Waals surface area (Å²) < 4.78 is 5.68. The van der Waals surface area contributed by atoms with E-state index in [9.17, 15) is 14.4 Å². The molecule has 0 atom stereocenters. The van der Waals surface area contributed by atoms with E-state index >= 15 is 0 Å². The number of pyridine rings is 2. The van der Waals surface area contributed by atoms with Gasteiger partial charge in [-0.2, -0.15) is 0 Å². The maximum Gasteiger partial charge on any atom is 0.294 e. The Morgan fingerprint density at radius 3 is 2.30 bits per heavy atom. The molecule has 33 heavy (non-hydrogen) atoms. The van der Waals surface area contributed by atoms with Crippen molar-refractivity contribution < 1.29 is 18.8 Å². The molecule has 4 rings (SSSR count). The van der Waals surface area contributed by atoms with Gasteiger partial charge in [-0.25, -0.2) is 4.98 Å². The maximum atomic E-state index is 12.9. The van der Waals surface area contributed by atoms with Gasteiger partial charge in [0.2, 0.25) is 5.76 Å². The lowest BCUT2D eigenvalue weighted by molar-refractivity contribution is 0.0826. The number of nitrogens with zero attached hydrogens (tertiary/aromatic N) is 3. The van der Waals surface area contributed by atoms with E-state index in [0.717, 1.165) is 0 Å². The molecular weight excluding hydrogens is 446 g/mol. The van der Waals surface area contributed by atoms with Crippen molar-refractivity contribution in [1.29, 1.82) is 0 Å². The summed E-state index contributed by atoms with van der Waals surface area (Å²) in [5.74, 6) is -1.16. The minimum atomic E-state index is -0.620. The van der Waals surface area contributed by atoms with Crippen LogP contribution in [-0.4, -0.2) is 46.7 Å². The number of benzene rings is 1. The quantitative estimate of drug-likeness (QED) is 0.460. The van der Waals surface area contributed by atoms with Crippen LogP contribution in [0, 0.1) is 0 Å². The molecule has 166 valence electrons. The molecule has 3 amide bonds. The second-order valence-corrected chi connectivity index (χ2v) is 7.64. The first-order chi connectivity index (χ1) is 15.8. The zero-order chi connectivity index (χ0) is 23.5. The smallest absolute Gasteiger partial charge is 0.294 e. The van der Waals surface area contributed by atoms with Crippen molar-refractivity contribution in [2.45, 2.75) is 0 Å². The summed E-state index contributed by atoms with van der Waals surface area (Å²) in [6.07, 6.45) is 2.92. The van der Waals surface area contributed by atoms with Crippen molar-refractivity contribution in [1.82, 2.24) is 14.9 Å². The van der Waals surface area contributed by atoms with Crippen molar-refractivity contribution >= 4 is 51.9 Å². The third-order valence-corrected chi connectivity index (χ3v) is 4.88. The van der Waals surface area contributed by atoms with Gasteiger partial charge in [0.15, 0.2) is 5.58 Å². The molecule has 0 bridgehead atoms. The predicted octanol–water partition coefficient (Wildman–Crippen LogP) is 4.08. The first-order valence-electron chi connectivity index (χ1n) is 9.77. The summed E-state index contributed by atoms with van der Waals surface area (Å²) >= 11 is 5.83. The normalized spacial score (nSPS) is 10.6. The van der Waals surface area contributed by atoms with Gasteiger partial charge in [-0.15, -0.1) is 0 Å². The van der Waals surface area contributed by atoms with Crippen molar-refractivity contribution in [3.8, 4) is 0 Å². The third kappa shape index (κ3) is 4.68. The SMILES string of the molecule is CN(C)C(=O)c1ccc(C(=O)Nc2c(C(=O)Nc3ccc(Cl)cn3)oc3cccnc23)cc1. The average Bonchev–Trinajstić information content (AvgIpc) is 3.18. The van der Waals surface area contributed by atoms with E-state index in [1.165, 1.54) is 35.5 Å². The number of nitrogens with one attached hydrogen (secondary N) is 2. The zero-order valence-electron chi connectivity index (χ0n) is 17.6. The second-order valence-electron chi connectivity index (χ2n) is 7.20. The number of aromatic nitrogens is 2. The van der Waals surface area contributed by atoms with Gasteiger partial charge in [-0.1, -0.05) is 11.6 Å². The largest absolute Gasteiger partial charge is 0.447 e. The predicted molar refractivity (Wildman–Crippen MR) is 124 cm³/mol. The lowest BCUT2D eigenvalue weighted by atomic mass is 10.1. The number of halogens is 1. The Kier molecular flexibility index (Phi) is 6.05. The van der Waals surface area contributed by atoms with Crippen LogP contribution >= 0.6 is 11.6 Å². The number of rotatable bonds is 5. The van der Waals surface area contributed by atoms with E-state index in [1.807, 2.05) is 0 Å². The van der Waals surface area contributed by atoms with Gasteiger partial charge < -0.3 is 20.0 Å². The molecule has 4 aromatic rings. The Balaban J connectivity index is 1.63. The monoisotopic (exact) mass is 463 g/mol. The maximum absolute atomic E-state index is 12.9. The molecule has 0 aliphatic rings. The molecule has 0 unspecified atom stereocenters. The summed E-state index contributed by atoms with van der Waals surface area (Å²) in [4.78, 5) is 47.6. The second kappa shape index (κ2) is 9.09. The molecule has 0 aliphatic heterocycles. The van der Waals surface area contributed by atoms with E-state index in [0.29, 0.717) is 27.2 Å². The number of hydrogen-bond acceptors (Lipinski definition) is 6. The highest BCUT2D eigenvalue weighted by molar-refractivity contribution is 6.30. The average molecular weight is 464 g/mol.